The zero-order chi connectivity index (χ0) is 19.2. The first kappa shape index (κ1) is 19.0. The molecule has 2 atom stereocenters. The Hall–Kier alpha value is -2.73. The number of amides is 2. The topological polar surface area (TPSA) is 61.4 Å². The molecule has 0 spiro atoms. The van der Waals surface area contributed by atoms with Crippen LogP contribution in [0.25, 0.3) is 0 Å². The number of hydrogen-bond donors (Lipinski definition) is 2. The number of hydrogen-bond acceptors (Lipinski definition) is 3. The fraction of sp³-hybridized carbons (Fsp3) is 0.333. The van der Waals surface area contributed by atoms with Gasteiger partial charge >= 0.3 is 0 Å². The molecule has 3 rings (SSSR count). The molecule has 0 aromatic heterocycles. The lowest BCUT2D eigenvalue weighted by Gasteiger charge is -2.23. The molecular formula is C21H24FN3O2. The number of likely N-dealkylation sites (tertiary alicyclic amines) is 1. The number of rotatable bonds is 6. The summed E-state index contributed by atoms with van der Waals surface area (Å²) in [5, 5.41) is 6.23. The largest absolute Gasteiger partial charge is 0.341 e. The van der Waals surface area contributed by atoms with Crippen molar-refractivity contribution in [3.8, 4) is 0 Å². The van der Waals surface area contributed by atoms with Crippen LogP contribution in [-0.2, 0) is 9.59 Å². The van der Waals surface area contributed by atoms with Gasteiger partial charge in [-0.15, -0.1) is 0 Å². The van der Waals surface area contributed by atoms with E-state index in [1.165, 1.54) is 24.3 Å². The van der Waals surface area contributed by atoms with Crippen molar-refractivity contribution in [2.75, 3.05) is 18.4 Å². The van der Waals surface area contributed by atoms with Gasteiger partial charge in [0.15, 0.2) is 0 Å². The number of nitrogens with one attached hydrogen (secondary N) is 2. The minimum Gasteiger partial charge on any atom is -0.341 e. The van der Waals surface area contributed by atoms with Crippen LogP contribution in [0.15, 0.2) is 54.6 Å². The van der Waals surface area contributed by atoms with Gasteiger partial charge in [0.05, 0.1) is 0 Å². The molecule has 0 bridgehead atoms. The van der Waals surface area contributed by atoms with Crippen molar-refractivity contribution < 1.29 is 14.0 Å². The van der Waals surface area contributed by atoms with E-state index in [4.69, 9.17) is 0 Å². The Kier molecular flexibility index (Phi) is 6.19. The van der Waals surface area contributed by atoms with Gasteiger partial charge < -0.3 is 10.2 Å². The number of anilines is 1. The smallest absolute Gasteiger partial charge is 0.246 e. The van der Waals surface area contributed by atoms with E-state index in [2.05, 4.69) is 10.6 Å². The van der Waals surface area contributed by atoms with Gasteiger partial charge in [-0.25, -0.2) is 4.39 Å². The monoisotopic (exact) mass is 369 g/mol. The molecule has 5 nitrogen and oxygen atoms in total. The molecule has 6 heteroatoms. The molecule has 0 saturated carbocycles. The maximum absolute atomic E-state index is 13.1. The van der Waals surface area contributed by atoms with Crippen LogP contribution >= 0.6 is 0 Å². The van der Waals surface area contributed by atoms with Gasteiger partial charge in [0, 0.05) is 31.2 Å². The van der Waals surface area contributed by atoms with E-state index >= 15 is 0 Å². The number of benzene rings is 2. The fourth-order valence-electron chi connectivity index (χ4n) is 3.30. The standard InChI is InChI=1S/C21H24FN3O2/c1-2-19(26)25-13-12-18(14-25)23-20(15-6-4-3-5-7-15)21(27)24-17-10-8-16(22)9-11-17/h3-11,18,20,23H,2,12-14H2,1H3,(H,24,27)/t18-,20-/m1/s1. The second-order valence-electron chi connectivity index (χ2n) is 6.69. The van der Waals surface area contributed by atoms with Crippen molar-refractivity contribution >= 4 is 17.5 Å². The van der Waals surface area contributed by atoms with E-state index in [1.807, 2.05) is 42.2 Å². The van der Waals surface area contributed by atoms with Gasteiger partial charge in [0.1, 0.15) is 11.9 Å². The minimum absolute atomic E-state index is 0.0460. The molecule has 27 heavy (non-hydrogen) atoms. The van der Waals surface area contributed by atoms with Crippen molar-refractivity contribution in [3.05, 3.63) is 66.0 Å². The highest BCUT2D eigenvalue weighted by Crippen LogP contribution is 2.20. The Morgan fingerprint density at radius 3 is 2.52 bits per heavy atom. The maximum Gasteiger partial charge on any atom is 0.246 e. The summed E-state index contributed by atoms with van der Waals surface area (Å²) in [5.41, 5.74) is 1.38. The van der Waals surface area contributed by atoms with Gasteiger partial charge in [-0.3, -0.25) is 14.9 Å². The Balaban J connectivity index is 1.72. The molecular weight excluding hydrogens is 345 g/mol. The Morgan fingerprint density at radius 2 is 1.85 bits per heavy atom. The summed E-state index contributed by atoms with van der Waals surface area (Å²) in [5.74, 6) is -0.434. The van der Waals surface area contributed by atoms with Crippen LogP contribution < -0.4 is 10.6 Å². The molecule has 2 aromatic carbocycles. The molecule has 1 fully saturated rings. The SMILES string of the molecule is CCC(=O)N1CC[C@@H](N[C@@H](C(=O)Nc2ccc(F)cc2)c2ccccc2)C1. The highest BCUT2D eigenvalue weighted by atomic mass is 19.1. The normalized spacial score (nSPS) is 17.6. The lowest BCUT2D eigenvalue weighted by molar-refractivity contribution is -0.129. The van der Waals surface area contributed by atoms with Crippen LogP contribution in [0.1, 0.15) is 31.4 Å². The molecule has 1 heterocycles. The summed E-state index contributed by atoms with van der Waals surface area (Å²) in [6.07, 6.45) is 1.29. The summed E-state index contributed by atoms with van der Waals surface area (Å²) < 4.78 is 13.1. The van der Waals surface area contributed by atoms with Gasteiger partial charge in [0.25, 0.3) is 0 Å². The summed E-state index contributed by atoms with van der Waals surface area (Å²) in [4.78, 5) is 26.6. The van der Waals surface area contributed by atoms with Crippen LogP contribution in [0.4, 0.5) is 10.1 Å². The van der Waals surface area contributed by atoms with Crippen LogP contribution in [0.2, 0.25) is 0 Å². The molecule has 0 radical (unpaired) electrons. The molecule has 1 aliphatic rings. The zero-order valence-corrected chi connectivity index (χ0v) is 15.3. The predicted molar refractivity (Wildman–Crippen MR) is 103 cm³/mol. The van der Waals surface area contributed by atoms with Crippen molar-refractivity contribution in [2.45, 2.75) is 31.8 Å². The molecule has 142 valence electrons. The highest BCUT2D eigenvalue weighted by Gasteiger charge is 2.30. The average molecular weight is 369 g/mol. The van der Waals surface area contributed by atoms with Gasteiger partial charge in [-0.05, 0) is 36.2 Å². The van der Waals surface area contributed by atoms with Gasteiger partial charge in [-0.1, -0.05) is 37.3 Å². The summed E-state index contributed by atoms with van der Waals surface area (Å²) >= 11 is 0. The number of carbonyl (C=O) groups excluding carboxylic acids is 2. The molecule has 1 saturated heterocycles. The first-order valence-corrected chi connectivity index (χ1v) is 9.22. The maximum atomic E-state index is 13.1. The zero-order valence-electron chi connectivity index (χ0n) is 15.3. The minimum atomic E-state index is -0.557. The van der Waals surface area contributed by atoms with E-state index in [0.717, 1.165) is 12.0 Å². The second-order valence-corrected chi connectivity index (χ2v) is 6.69. The number of carbonyl (C=O) groups is 2. The molecule has 2 N–H and O–H groups in total. The fourth-order valence-corrected chi connectivity index (χ4v) is 3.30. The number of nitrogens with zero attached hydrogens (tertiary/aromatic N) is 1. The molecule has 2 aromatic rings. The third-order valence-electron chi connectivity index (χ3n) is 4.75. The van der Waals surface area contributed by atoms with Crippen molar-refractivity contribution in [3.63, 3.8) is 0 Å². The molecule has 2 amide bonds. The van der Waals surface area contributed by atoms with Gasteiger partial charge in [0.2, 0.25) is 11.8 Å². The van der Waals surface area contributed by atoms with E-state index in [-0.39, 0.29) is 23.7 Å². The number of halogens is 1. The van der Waals surface area contributed by atoms with Crippen molar-refractivity contribution in [1.82, 2.24) is 10.2 Å². The summed E-state index contributed by atoms with van der Waals surface area (Å²) in [7, 11) is 0. The molecule has 1 aliphatic heterocycles. The molecule has 0 unspecified atom stereocenters. The third-order valence-corrected chi connectivity index (χ3v) is 4.75. The summed E-state index contributed by atoms with van der Waals surface area (Å²) in [6, 6.07) is 14.6. The van der Waals surface area contributed by atoms with Crippen LogP contribution in [0, 0.1) is 5.82 Å². The van der Waals surface area contributed by atoms with E-state index in [1.54, 1.807) is 0 Å². The van der Waals surface area contributed by atoms with Crippen molar-refractivity contribution in [2.24, 2.45) is 0 Å². The Bertz CT molecular complexity index is 780. The lowest BCUT2D eigenvalue weighted by atomic mass is 10.0. The van der Waals surface area contributed by atoms with Crippen molar-refractivity contribution in [1.29, 1.82) is 0 Å². The predicted octanol–water partition coefficient (Wildman–Crippen LogP) is 3.11. The summed E-state index contributed by atoms with van der Waals surface area (Å²) in [6.45, 7) is 3.15. The first-order valence-electron chi connectivity index (χ1n) is 9.22. The van der Waals surface area contributed by atoms with Crippen LogP contribution in [0.5, 0.6) is 0 Å². The van der Waals surface area contributed by atoms with E-state index in [9.17, 15) is 14.0 Å². The molecule has 0 aliphatic carbocycles. The third kappa shape index (κ3) is 4.92. The van der Waals surface area contributed by atoms with E-state index < -0.39 is 6.04 Å². The average Bonchev–Trinajstić information content (AvgIpc) is 3.16. The highest BCUT2D eigenvalue weighted by molar-refractivity contribution is 5.95. The van der Waals surface area contributed by atoms with Crippen LogP contribution in [-0.4, -0.2) is 35.8 Å². The van der Waals surface area contributed by atoms with Gasteiger partial charge in [-0.2, -0.15) is 0 Å². The quantitative estimate of drug-likeness (QED) is 0.823. The lowest BCUT2D eigenvalue weighted by Crippen LogP contribution is -2.41. The van der Waals surface area contributed by atoms with Crippen LogP contribution in [0.3, 0.4) is 0 Å². The first-order chi connectivity index (χ1) is 13.1. The Morgan fingerprint density at radius 1 is 1.15 bits per heavy atom. The van der Waals surface area contributed by atoms with E-state index in [0.29, 0.717) is 25.2 Å². The Labute approximate surface area is 158 Å². The second kappa shape index (κ2) is 8.77.